The Bertz CT molecular complexity index is 635. The van der Waals surface area contributed by atoms with Crippen molar-refractivity contribution in [1.82, 2.24) is 9.80 Å². The van der Waals surface area contributed by atoms with E-state index in [0.29, 0.717) is 26.3 Å². The second-order valence-electron chi connectivity index (χ2n) is 7.23. The Morgan fingerprint density at radius 2 is 1.77 bits per heavy atom. The Labute approximate surface area is 155 Å². The van der Waals surface area contributed by atoms with Crippen molar-refractivity contribution in [2.45, 2.75) is 32.7 Å². The van der Waals surface area contributed by atoms with E-state index >= 15 is 0 Å². The molecule has 0 bridgehead atoms. The van der Waals surface area contributed by atoms with E-state index < -0.39 is 0 Å². The van der Waals surface area contributed by atoms with Crippen LogP contribution in [0.4, 0.5) is 5.69 Å². The molecule has 26 heavy (non-hydrogen) atoms. The van der Waals surface area contributed by atoms with E-state index in [1.165, 1.54) is 0 Å². The first-order chi connectivity index (χ1) is 12.6. The van der Waals surface area contributed by atoms with Crippen molar-refractivity contribution in [3.8, 4) is 0 Å². The molecule has 0 aromatic heterocycles. The van der Waals surface area contributed by atoms with E-state index in [-0.39, 0.29) is 23.8 Å². The highest BCUT2D eigenvalue weighted by Gasteiger charge is 2.32. The van der Waals surface area contributed by atoms with Crippen LogP contribution in [0, 0.1) is 12.8 Å². The summed E-state index contributed by atoms with van der Waals surface area (Å²) in [4.78, 5) is 29.3. The normalized spacial score (nSPS) is 20.6. The number of carbonyl (C=O) groups is 2. The van der Waals surface area contributed by atoms with Crippen LogP contribution in [0.15, 0.2) is 24.3 Å². The minimum absolute atomic E-state index is 0.0113. The molecule has 2 aliphatic rings. The summed E-state index contributed by atoms with van der Waals surface area (Å²) in [5, 5.41) is 3.02. The van der Waals surface area contributed by atoms with E-state index in [4.69, 9.17) is 4.74 Å². The van der Waals surface area contributed by atoms with Crippen molar-refractivity contribution in [1.29, 1.82) is 0 Å². The van der Waals surface area contributed by atoms with Gasteiger partial charge in [0.05, 0.1) is 19.3 Å². The first-order valence-corrected chi connectivity index (χ1v) is 9.53. The third kappa shape index (κ3) is 4.43. The standard InChI is InChI=1S/C20H29N3O3/c1-15-5-3-4-6-18(15)21-19(24)16(2)22-9-7-17(8-10-22)20(25)23-11-13-26-14-12-23/h3-6,16-17H,7-14H2,1-2H3,(H,21,24). The van der Waals surface area contributed by atoms with Gasteiger partial charge in [0.2, 0.25) is 11.8 Å². The Kier molecular flexibility index (Phi) is 6.27. The summed E-state index contributed by atoms with van der Waals surface area (Å²) in [6, 6.07) is 7.60. The number of benzene rings is 1. The molecule has 2 fully saturated rings. The molecule has 2 aliphatic heterocycles. The van der Waals surface area contributed by atoms with Crippen LogP contribution in [0.1, 0.15) is 25.3 Å². The van der Waals surface area contributed by atoms with Crippen molar-refractivity contribution in [3.05, 3.63) is 29.8 Å². The fourth-order valence-electron chi connectivity index (χ4n) is 3.69. The lowest BCUT2D eigenvalue weighted by Crippen LogP contribution is -2.50. The van der Waals surface area contributed by atoms with Crippen LogP contribution >= 0.6 is 0 Å². The predicted molar refractivity (Wildman–Crippen MR) is 101 cm³/mol. The summed E-state index contributed by atoms with van der Waals surface area (Å²) in [5.74, 6) is 0.346. The molecule has 0 aliphatic carbocycles. The Balaban J connectivity index is 1.50. The second kappa shape index (κ2) is 8.64. The van der Waals surface area contributed by atoms with Crippen LogP contribution in [0.25, 0.3) is 0 Å². The third-order valence-electron chi connectivity index (χ3n) is 5.53. The topological polar surface area (TPSA) is 61.9 Å². The van der Waals surface area contributed by atoms with Crippen molar-refractivity contribution in [3.63, 3.8) is 0 Å². The highest BCUT2D eigenvalue weighted by molar-refractivity contribution is 5.95. The van der Waals surface area contributed by atoms with Gasteiger partial charge in [0.25, 0.3) is 0 Å². The number of ether oxygens (including phenoxy) is 1. The van der Waals surface area contributed by atoms with Crippen LogP contribution in [0.5, 0.6) is 0 Å². The highest BCUT2D eigenvalue weighted by atomic mass is 16.5. The highest BCUT2D eigenvalue weighted by Crippen LogP contribution is 2.22. The number of amides is 2. The number of hydrogen-bond donors (Lipinski definition) is 1. The van der Waals surface area contributed by atoms with E-state index in [1.54, 1.807) is 0 Å². The van der Waals surface area contributed by atoms with Gasteiger partial charge in [-0.2, -0.15) is 0 Å². The molecule has 2 heterocycles. The maximum absolute atomic E-state index is 12.6. The molecule has 6 heteroatoms. The summed E-state index contributed by atoms with van der Waals surface area (Å²) in [6.07, 6.45) is 1.64. The lowest BCUT2D eigenvalue weighted by Gasteiger charge is -2.37. The molecule has 1 aromatic carbocycles. The van der Waals surface area contributed by atoms with E-state index in [0.717, 1.165) is 37.2 Å². The maximum Gasteiger partial charge on any atom is 0.241 e. The minimum Gasteiger partial charge on any atom is -0.378 e. The molecule has 1 aromatic rings. The van der Waals surface area contributed by atoms with Crippen molar-refractivity contribution >= 4 is 17.5 Å². The fourth-order valence-corrected chi connectivity index (χ4v) is 3.69. The van der Waals surface area contributed by atoms with Crippen molar-refractivity contribution in [2.75, 3.05) is 44.7 Å². The predicted octanol–water partition coefficient (Wildman–Crippen LogP) is 1.89. The van der Waals surface area contributed by atoms with Gasteiger partial charge in [-0.3, -0.25) is 14.5 Å². The number of nitrogens with one attached hydrogen (secondary N) is 1. The number of nitrogens with zero attached hydrogens (tertiary/aromatic N) is 2. The number of likely N-dealkylation sites (tertiary alicyclic amines) is 1. The molecule has 1 atom stereocenters. The molecule has 1 unspecified atom stereocenters. The quantitative estimate of drug-likeness (QED) is 0.892. The van der Waals surface area contributed by atoms with E-state index in [9.17, 15) is 9.59 Å². The number of hydrogen-bond acceptors (Lipinski definition) is 4. The molecule has 3 rings (SSSR count). The molecule has 0 radical (unpaired) electrons. The minimum atomic E-state index is -0.200. The van der Waals surface area contributed by atoms with Gasteiger partial charge in [0.1, 0.15) is 0 Å². The lowest BCUT2D eigenvalue weighted by molar-refractivity contribution is -0.141. The molecule has 0 saturated carbocycles. The summed E-state index contributed by atoms with van der Waals surface area (Å²) >= 11 is 0. The summed E-state index contributed by atoms with van der Waals surface area (Å²) in [5.41, 5.74) is 1.92. The Morgan fingerprint density at radius 3 is 2.42 bits per heavy atom. The monoisotopic (exact) mass is 359 g/mol. The summed E-state index contributed by atoms with van der Waals surface area (Å²) in [6.45, 7) is 8.18. The second-order valence-corrected chi connectivity index (χ2v) is 7.23. The van der Waals surface area contributed by atoms with Crippen molar-refractivity contribution < 1.29 is 14.3 Å². The zero-order chi connectivity index (χ0) is 18.5. The zero-order valence-corrected chi connectivity index (χ0v) is 15.7. The van der Waals surface area contributed by atoms with Gasteiger partial charge >= 0.3 is 0 Å². The number of carbonyl (C=O) groups excluding carboxylic acids is 2. The van der Waals surface area contributed by atoms with Gasteiger partial charge in [-0.25, -0.2) is 0 Å². The smallest absolute Gasteiger partial charge is 0.241 e. The number of piperidine rings is 1. The van der Waals surface area contributed by atoms with Gasteiger partial charge in [-0.05, 0) is 51.4 Å². The molecule has 1 N–H and O–H groups in total. The van der Waals surface area contributed by atoms with Gasteiger partial charge in [0, 0.05) is 24.7 Å². The van der Waals surface area contributed by atoms with Crippen molar-refractivity contribution in [2.24, 2.45) is 5.92 Å². The van der Waals surface area contributed by atoms with Crippen LogP contribution in [0.2, 0.25) is 0 Å². The SMILES string of the molecule is Cc1ccccc1NC(=O)C(C)N1CCC(C(=O)N2CCOCC2)CC1. The number of rotatable bonds is 4. The Hall–Kier alpha value is -1.92. The fraction of sp³-hybridized carbons (Fsp3) is 0.600. The molecule has 2 saturated heterocycles. The average molecular weight is 359 g/mol. The number of morpholine rings is 1. The first-order valence-electron chi connectivity index (χ1n) is 9.53. The zero-order valence-electron chi connectivity index (χ0n) is 15.7. The van der Waals surface area contributed by atoms with Gasteiger partial charge in [0.15, 0.2) is 0 Å². The lowest BCUT2D eigenvalue weighted by atomic mass is 9.94. The number of aryl methyl sites for hydroxylation is 1. The summed E-state index contributed by atoms with van der Waals surface area (Å²) < 4.78 is 5.32. The van der Waals surface area contributed by atoms with Gasteiger partial charge in [-0.1, -0.05) is 18.2 Å². The maximum atomic E-state index is 12.6. The Morgan fingerprint density at radius 1 is 1.12 bits per heavy atom. The number of para-hydroxylation sites is 1. The van der Waals surface area contributed by atoms with Crippen LogP contribution in [-0.2, 0) is 14.3 Å². The molecule has 142 valence electrons. The third-order valence-corrected chi connectivity index (χ3v) is 5.53. The van der Waals surface area contributed by atoms with Gasteiger partial charge < -0.3 is 15.0 Å². The largest absolute Gasteiger partial charge is 0.378 e. The average Bonchev–Trinajstić information content (AvgIpc) is 2.69. The molecular formula is C20H29N3O3. The molecule has 0 spiro atoms. The van der Waals surface area contributed by atoms with Gasteiger partial charge in [-0.15, -0.1) is 0 Å². The van der Waals surface area contributed by atoms with Crippen LogP contribution in [-0.4, -0.2) is 67.0 Å². The van der Waals surface area contributed by atoms with E-state index in [2.05, 4.69) is 10.2 Å². The molecular weight excluding hydrogens is 330 g/mol. The van der Waals surface area contributed by atoms with E-state index in [1.807, 2.05) is 43.0 Å². The summed E-state index contributed by atoms with van der Waals surface area (Å²) in [7, 11) is 0. The van der Waals surface area contributed by atoms with Crippen LogP contribution in [0.3, 0.4) is 0 Å². The first kappa shape index (κ1) is 18.9. The van der Waals surface area contributed by atoms with Crippen LogP contribution < -0.4 is 5.32 Å². The molecule has 6 nitrogen and oxygen atoms in total. The number of anilines is 1. The molecule has 2 amide bonds.